The van der Waals surface area contributed by atoms with Crippen molar-refractivity contribution < 1.29 is 23.9 Å². The first kappa shape index (κ1) is 28.4. The fourth-order valence-corrected chi connectivity index (χ4v) is 3.54. The standard InChI is InChI=1S/C27H29N3O5.ClH/c1-3-16-27(28,25(32)29-26(33)35-18-19-8-5-4-6-9-19)30-23-14-12-20(13-15-23)21-10-7-11-22(17-21)24(31)34-2;/h4-15,17,30H,3,16,18,28H2,1-2H3,(H,29,32,33);1H/t27-;/m0./s1. The summed E-state index contributed by atoms with van der Waals surface area (Å²) in [7, 11) is 1.34. The molecular weight excluding hydrogens is 482 g/mol. The van der Waals surface area contributed by atoms with Crippen LogP contribution in [0, 0.1) is 0 Å². The molecule has 3 aromatic rings. The molecule has 190 valence electrons. The minimum atomic E-state index is -1.52. The number of hydrogen-bond donors (Lipinski definition) is 3. The number of rotatable bonds is 9. The van der Waals surface area contributed by atoms with Crippen LogP contribution in [0.5, 0.6) is 0 Å². The minimum Gasteiger partial charge on any atom is -0.465 e. The number of methoxy groups -OCH3 is 1. The first-order valence-corrected chi connectivity index (χ1v) is 11.2. The number of anilines is 1. The highest BCUT2D eigenvalue weighted by molar-refractivity contribution is 5.98. The van der Waals surface area contributed by atoms with Crippen LogP contribution in [0.1, 0.15) is 35.7 Å². The van der Waals surface area contributed by atoms with Gasteiger partial charge in [0.25, 0.3) is 5.91 Å². The van der Waals surface area contributed by atoms with Gasteiger partial charge in [-0.3, -0.25) is 10.1 Å². The van der Waals surface area contributed by atoms with Crippen molar-refractivity contribution in [3.63, 3.8) is 0 Å². The molecule has 4 N–H and O–H groups in total. The van der Waals surface area contributed by atoms with Crippen molar-refractivity contribution >= 4 is 36.1 Å². The molecule has 0 saturated heterocycles. The topological polar surface area (TPSA) is 120 Å². The summed E-state index contributed by atoms with van der Waals surface area (Å²) in [5.41, 5.74) is 8.41. The van der Waals surface area contributed by atoms with Crippen LogP contribution in [0.15, 0.2) is 78.9 Å². The average Bonchev–Trinajstić information content (AvgIpc) is 2.88. The molecular formula is C27H30ClN3O5. The highest BCUT2D eigenvalue weighted by Crippen LogP contribution is 2.24. The number of hydrogen-bond acceptors (Lipinski definition) is 7. The van der Waals surface area contributed by atoms with Gasteiger partial charge in [-0.2, -0.15) is 0 Å². The molecule has 0 aliphatic carbocycles. The third kappa shape index (κ3) is 7.56. The van der Waals surface area contributed by atoms with E-state index in [9.17, 15) is 14.4 Å². The Hall–Kier alpha value is -3.88. The van der Waals surface area contributed by atoms with Crippen molar-refractivity contribution in [3.8, 4) is 11.1 Å². The third-order valence-electron chi connectivity index (χ3n) is 5.35. The molecule has 0 heterocycles. The van der Waals surface area contributed by atoms with E-state index in [4.69, 9.17) is 15.2 Å². The summed E-state index contributed by atoms with van der Waals surface area (Å²) in [4.78, 5) is 36.8. The van der Waals surface area contributed by atoms with E-state index >= 15 is 0 Å². The lowest BCUT2D eigenvalue weighted by atomic mass is 10.0. The Labute approximate surface area is 216 Å². The number of halogens is 1. The van der Waals surface area contributed by atoms with Crippen LogP contribution < -0.4 is 16.4 Å². The molecule has 3 rings (SSSR count). The lowest BCUT2D eigenvalue weighted by Gasteiger charge is -2.29. The largest absolute Gasteiger partial charge is 0.465 e. The molecule has 0 unspecified atom stereocenters. The molecule has 0 radical (unpaired) electrons. The normalized spacial score (nSPS) is 11.9. The highest BCUT2D eigenvalue weighted by atomic mass is 35.5. The highest BCUT2D eigenvalue weighted by Gasteiger charge is 2.34. The Morgan fingerprint density at radius 2 is 1.61 bits per heavy atom. The number of imide groups is 1. The predicted molar refractivity (Wildman–Crippen MR) is 141 cm³/mol. The number of nitrogens with two attached hydrogens (primary N) is 1. The van der Waals surface area contributed by atoms with Gasteiger partial charge in [0.2, 0.25) is 0 Å². The van der Waals surface area contributed by atoms with Gasteiger partial charge in [0, 0.05) is 5.69 Å². The van der Waals surface area contributed by atoms with Gasteiger partial charge in [-0.05, 0) is 47.4 Å². The third-order valence-corrected chi connectivity index (χ3v) is 5.35. The lowest BCUT2D eigenvalue weighted by Crippen LogP contribution is -2.60. The zero-order valence-corrected chi connectivity index (χ0v) is 21.0. The molecule has 0 fully saturated rings. The monoisotopic (exact) mass is 511 g/mol. The van der Waals surface area contributed by atoms with E-state index in [0.29, 0.717) is 17.7 Å². The smallest absolute Gasteiger partial charge is 0.414 e. The van der Waals surface area contributed by atoms with Crippen LogP contribution in [0.4, 0.5) is 10.5 Å². The number of esters is 1. The summed E-state index contributed by atoms with van der Waals surface area (Å²) >= 11 is 0. The molecule has 36 heavy (non-hydrogen) atoms. The fraction of sp³-hybridized carbons (Fsp3) is 0.222. The van der Waals surface area contributed by atoms with Gasteiger partial charge >= 0.3 is 12.1 Å². The average molecular weight is 512 g/mol. The Balaban J connectivity index is 0.00000456. The summed E-state index contributed by atoms with van der Waals surface area (Å²) in [5.74, 6) is -1.10. The van der Waals surface area contributed by atoms with Crippen LogP contribution in [0.3, 0.4) is 0 Å². The van der Waals surface area contributed by atoms with E-state index in [1.807, 2.05) is 55.5 Å². The molecule has 0 aromatic heterocycles. The van der Waals surface area contributed by atoms with Gasteiger partial charge in [0.05, 0.1) is 12.7 Å². The maximum Gasteiger partial charge on any atom is 0.414 e. The summed E-state index contributed by atoms with van der Waals surface area (Å²) in [6.07, 6.45) is 0.0229. The molecule has 0 aliphatic heterocycles. The van der Waals surface area contributed by atoms with Gasteiger partial charge in [-0.1, -0.05) is 67.9 Å². The Kier molecular flexibility index (Phi) is 10.5. The summed E-state index contributed by atoms with van der Waals surface area (Å²) < 4.78 is 9.91. The van der Waals surface area contributed by atoms with Crippen LogP contribution in [-0.2, 0) is 20.9 Å². The number of carbonyl (C=O) groups excluding carboxylic acids is 3. The molecule has 3 aromatic carbocycles. The number of alkyl carbamates (subject to hydrolysis) is 1. The van der Waals surface area contributed by atoms with Gasteiger partial charge in [-0.15, -0.1) is 12.4 Å². The molecule has 1 atom stereocenters. The molecule has 8 nitrogen and oxygen atoms in total. The van der Waals surface area contributed by atoms with Crippen LogP contribution in [0.2, 0.25) is 0 Å². The van der Waals surface area contributed by atoms with E-state index in [2.05, 4.69) is 10.6 Å². The number of carbonyl (C=O) groups is 3. The van der Waals surface area contributed by atoms with E-state index in [1.54, 1.807) is 30.3 Å². The van der Waals surface area contributed by atoms with Crippen molar-refractivity contribution in [3.05, 3.63) is 90.0 Å². The van der Waals surface area contributed by atoms with E-state index < -0.39 is 23.6 Å². The van der Waals surface area contributed by atoms with Gasteiger partial charge < -0.3 is 20.5 Å². The molecule has 2 amide bonds. The van der Waals surface area contributed by atoms with E-state index in [1.165, 1.54) is 7.11 Å². The fourth-order valence-electron chi connectivity index (χ4n) is 3.54. The Morgan fingerprint density at radius 3 is 2.25 bits per heavy atom. The van der Waals surface area contributed by atoms with Crippen molar-refractivity contribution in [2.75, 3.05) is 12.4 Å². The van der Waals surface area contributed by atoms with E-state index in [-0.39, 0.29) is 25.4 Å². The molecule has 0 bridgehead atoms. The number of benzene rings is 3. The second kappa shape index (κ2) is 13.3. The van der Waals surface area contributed by atoms with Crippen LogP contribution >= 0.6 is 12.4 Å². The van der Waals surface area contributed by atoms with Crippen molar-refractivity contribution in [2.45, 2.75) is 32.0 Å². The van der Waals surface area contributed by atoms with Crippen molar-refractivity contribution in [1.82, 2.24) is 5.32 Å². The quantitative estimate of drug-likeness (QED) is 0.276. The van der Waals surface area contributed by atoms with E-state index in [0.717, 1.165) is 16.7 Å². The minimum absolute atomic E-state index is 0. The zero-order chi connectivity index (χ0) is 25.3. The molecule has 0 spiro atoms. The molecule has 0 saturated carbocycles. The molecule has 9 heteroatoms. The van der Waals surface area contributed by atoms with Gasteiger partial charge in [-0.25, -0.2) is 9.59 Å². The maximum absolute atomic E-state index is 12.9. The first-order valence-electron chi connectivity index (χ1n) is 11.2. The summed E-state index contributed by atoms with van der Waals surface area (Å²) in [5, 5.41) is 5.26. The Bertz CT molecular complexity index is 1170. The van der Waals surface area contributed by atoms with Crippen molar-refractivity contribution in [1.29, 1.82) is 0 Å². The van der Waals surface area contributed by atoms with Gasteiger partial charge in [0.15, 0.2) is 5.66 Å². The zero-order valence-electron chi connectivity index (χ0n) is 20.2. The number of nitrogens with one attached hydrogen (secondary N) is 2. The predicted octanol–water partition coefficient (Wildman–Crippen LogP) is 4.88. The SMILES string of the molecule is CCC[C@](N)(Nc1ccc(-c2cccc(C(=O)OC)c2)cc1)C(=O)NC(=O)OCc1ccccc1.Cl. The van der Waals surface area contributed by atoms with Crippen molar-refractivity contribution in [2.24, 2.45) is 5.73 Å². The second-order valence-electron chi connectivity index (χ2n) is 8.01. The summed E-state index contributed by atoms with van der Waals surface area (Å²) in [6.45, 7) is 1.93. The number of ether oxygens (including phenoxy) is 2. The maximum atomic E-state index is 12.9. The van der Waals surface area contributed by atoms with Gasteiger partial charge in [0.1, 0.15) is 6.61 Å². The van der Waals surface area contributed by atoms with Crippen LogP contribution in [0.25, 0.3) is 11.1 Å². The lowest BCUT2D eigenvalue weighted by molar-refractivity contribution is -0.125. The first-order chi connectivity index (χ1) is 16.8. The Morgan fingerprint density at radius 1 is 0.917 bits per heavy atom. The van der Waals surface area contributed by atoms with Crippen LogP contribution in [-0.4, -0.2) is 30.7 Å². The summed E-state index contributed by atoms with van der Waals surface area (Å²) in [6, 6.07) is 23.5. The second-order valence-corrected chi connectivity index (χ2v) is 8.01. The molecule has 0 aliphatic rings. The number of amides is 2.